The average molecular weight is 233 g/mol. The van der Waals surface area contributed by atoms with Crippen LogP contribution in [0.3, 0.4) is 0 Å². The van der Waals surface area contributed by atoms with E-state index < -0.39 is 17.8 Å². The first-order valence-corrected chi connectivity index (χ1v) is 5.10. The number of nitrogens with zero attached hydrogens (tertiary/aromatic N) is 1. The fraction of sp³-hybridized carbons (Fsp3) is 0.182. The van der Waals surface area contributed by atoms with Gasteiger partial charge in [-0.1, -0.05) is 18.2 Å². The molecule has 1 aromatic carbocycles. The first kappa shape index (κ1) is 11.1. The van der Waals surface area contributed by atoms with Crippen LogP contribution < -0.4 is 10.6 Å². The second kappa shape index (κ2) is 4.65. The van der Waals surface area contributed by atoms with Crippen molar-refractivity contribution in [3.63, 3.8) is 0 Å². The first-order valence-electron chi connectivity index (χ1n) is 5.10. The van der Waals surface area contributed by atoms with Gasteiger partial charge >= 0.3 is 6.03 Å². The van der Waals surface area contributed by atoms with Gasteiger partial charge in [-0.3, -0.25) is 14.5 Å². The van der Waals surface area contributed by atoms with Crippen molar-refractivity contribution in [1.82, 2.24) is 10.2 Å². The van der Waals surface area contributed by atoms with Gasteiger partial charge in [-0.15, -0.1) is 0 Å². The van der Waals surface area contributed by atoms with E-state index >= 15 is 0 Å². The second-order valence-corrected chi connectivity index (χ2v) is 3.55. The monoisotopic (exact) mass is 233 g/mol. The van der Waals surface area contributed by atoms with Crippen molar-refractivity contribution in [1.29, 1.82) is 0 Å². The Morgan fingerprint density at radius 2 is 2.00 bits per heavy atom. The molecular formula is C11H11N3O3. The molecule has 0 saturated carbocycles. The zero-order valence-electron chi connectivity index (χ0n) is 8.97. The van der Waals surface area contributed by atoms with Gasteiger partial charge in [0.05, 0.1) is 6.54 Å². The lowest BCUT2D eigenvalue weighted by atomic mass is 10.3. The summed E-state index contributed by atoms with van der Waals surface area (Å²) in [6, 6.07) is 8.31. The van der Waals surface area contributed by atoms with Crippen LogP contribution in [-0.4, -0.2) is 35.8 Å². The van der Waals surface area contributed by atoms with E-state index in [9.17, 15) is 14.4 Å². The Balaban J connectivity index is 1.94. The Morgan fingerprint density at radius 1 is 1.29 bits per heavy atom. The minimum Gasteiger partial charge on any atom is -0.329 e. The topological polar surface area (TPSA) is 78.5 Å². The lowest BCUT2D eigenvalue weighted by Crippen LogP contribution is -2.38. The van der Waals surface area contributed by atoms with E-state index in [0.29, 0.717) is 5.69 Å². The molecule has 4 amide bonds. The molecule has 1 aliphatic heterocycles. The summed E-state index contributed by atoms with van der Waals surface area (Å²) in [7, 11) is 0. The summed E-state index contributed by atoms with van der Waals surface area (Å²) < 4.78 is 0. The molecule has 17 heavy (non-hydrogen) atoms. The summed E-state index contributed by atoms with van der Waals surface area (Å²) in [5.74, 6) is -0.792. The number of carbonyl (C=O) groups is 3. The van der Waals surface area contributed by atoms with Gasteiger partial charge in [0.15, 0.2) is 0 Å². The quantitative estimate of drug-likeness (QED) is 0.731. The SMILES string of the molecule is O=C(CN1C(=O)CNC1=O)Nc1ccccc1. The minimum absolute atomic E-state index is 0.0442. The molecule has 1 heterocycles. The highest BCUT2D eigenvalue weighted by Crippen LogP contribution is 2.05. The third-order valence-corrected chi connectivity index (χ3v) is 2.30. The van der Waals surface area contributed by atoms with Crippen molar-refractivity contribution < 1.29 is 14.4 Å². The van der Waals surface area contributed by atoms with Gasteiger partial charge in [-0.2, -0.15) is 0 Å². The van der Waals surface area contributed by atoms with Gasteiger partial charge < -0.3 is 10.6 Å². The van der Waals surface area contributed by atoms with E-state index in [1.54, 1.807) is 24.3 Å². The molecule has 0 atom stereocenters. The van der Waals surface area contributed by atoms with Crippen molar-refractivity contribution in [3.8, 4) is 0 Å². The molecule has 0 unspecified atom stereocenters. The normalized spacial score (nSPS) is 14.7. The van der Waals surface area contributed by atoms with Crippen LogP contribution in [-0.2, 0) is 9.59 Å². The molecule has 1 aliphatic rings. The highest BCUT2D eigenvalue weighted by Gasteiger charge is 2.29. The van der Waals surface area contributed by atoms with Crippen LogP contribution in [0.15, 0.2) is 30.3 Å². The highest BCUT2D eigenvalue weighted by atomic mass is 16.2. The lowest BCUT2D eigenvalue weighted by molar-refractivity contribution is -0.128. The maximum atomic E-state index is 11.6. The summed E-state index contributed by atoms with van der Waals surface area (Å²) in [6.07, 6.45) is 0. The van der Waals surface area contributed by atoms with Crippen molar-refractivity contribution in [2.45, 2.75) is 0 Å². The van der Waals surface area contributed by atoms with Crippen LogP contribution in [0.4, 0.5) is 10.5 Å². The van der Waals surface area contributed by atoms with Gasteiger partial charge in [0, 0.05) is 5.69 Å². The van der Waals surface area contributed by atoms with E-state index in [1.165, 1.54) is 0 Å². The molecule has 0 spiro atoms. The zero-order chi connectivity index (χ0) is 12.3. The van der Waals surface area contributed by atoms with E-state index in [0.717, 1.165) is 4.90 Å². The average Bonchev–Trinajstić information content (AvgIpc) is 2.62. The number of hydrogen-bond donors (Lipinski definition) is 2. The fourth-order valence-electron chi connectivity index (χ4n) is 1.48. The Kier molecular flexibility index (Phi) is 3.04. The predicted molar refractivity (Wildman–Crippen MR) is 60.2 cm³/mol. The van der Waals surface area contributed by atoms with Gasteiger partial charge in [0.2, 0.25) is 5.91 Å². The van der Waals surface area contributed by atoms with E-state index in [2.05, 4.69) is 10.6 Å². The number of benzene rings is 1. The number of rotatable bonds is 3. The number of imide groups is 1. The molecule has 1 aromatic rings. The van der Waals surface area contributed by atoms with Crippen molar-refractivity contribution in [3.05, 3.63) is 30.3 Å². The van der Waals surface area contributed by atoms with Crippen molar-refractivity contribution in [2.24, 2.45) is 0 Å². The third-order valence-electron chi connectivity index (χ3n) is 2.30. The first-order chi connectivity index (χ1) is 8.16. The molecule has 6 heteroatoms. The van der Waals surface area contributed by atoms with Crippen LogP contribution in [0.2, 0.25) is 0 Å². The molecule has 0 aliphatic carbocycles. The fourth-order valence-corrected chi connectivity index (χ4v) is 1.48. The molecule has 6 nitrogen and oxygen atoms in total. The molecule has 0 aromatic heterocycles. The summed E-state index contributed by atoms with van der Waals surface area (Å²) in [5, 5.41) is 4.94. The minimum atomic E-state index is -0.529. The van der Waals surface area contributed by atoms with E-state index in [4.69, 9.17) is 0 Å². The zero-order valence-corrected chi connectivity index (χ0v) is 8.97. The maximum Gasteiger partial charge on any atom is 0.325 e. The molecule has 2 N–H and O–H groups in total. The number of hydrogen-bond acceptors (Lipinski definition) is 3. The molecule has 0 bridgehead atoms. The van der Waals surface area contributed by atoms with Gasteiger partial charge in [-0.05, 0) is 12.1 Å². The Morgan fingerprint density at radius 3 is 2.59 bits per heavy atom. The summed E-state index contributed by atoms with van der Waals surface area (Å²) in [6.45, 7) is -0.309. The molecular weight excluding hydrogens is 222 g/mol. The molecule has 1 saturated heterocycles. The number of amides is 4. The van der Waals surface area contributed by atoms with E-state index in [1.807, 2.05) is 6.07 Å². The number of nitrogens with one attached hydrogen (secondary N) is 2. The molecule has 1 fully saturated rings. The van der Waals surface area contributed by atoms with Crippen LogP contribution in [0, 0.1) is 0 Å². The number of carbonyl (C=O) groups excluding carboxylic acids is 3. The molecule has 2 rings (SSSR count). The Bertz CT molecular complexity index is 442. The van der Waals surface area contributed by atoms with Crippen LogP contribution in [0.5, 0.6) is 0 Å². The number of anilines is 1. The van der Waals surface area contributed by atoms with E-state index in [-0.39, 0.29) is 13.1 Å². The molecule has 0 radical (unpaired) electrons. The van der Waals surface area contributed by atoms with Crippen molar-refractivity contribution >= 4 is 23.5 Å². The largest absolute Gasteiger partial charge is 0.329 e. The Labute approximate surface area is 97.6 Å². The summed E-state index contributed by atoms with van der Waals surface area (Å²) in [5.41, 5.74) is 0.629. The third kappa shape index (κ3) is 2.60. The predicted octanol–water partition coefficient (Wildman–Crippen LogP) is 0.177. The van der Waals surface area contributed by atoms with Crippen molar-refractivity contribution in [2.75, 3.05) is 18.4 Å². The van der Waals surface area contributed by atoms with Crippen LogP contribution in [0.1, 0.15) is 0 Å². The summed E-state index contributed by atoms with van der Waals surface area (Å²) >= 11 is 0. The van der Waals surface area contributed by atoms with Crippen LogP contribution in [0.25, 0.3) is 0 Å². The van der Waals surface area contributed by atoms with Crippen LogP contribution >= 0.6 is 0 Å². The van der Waals surface area contributed by atoms with Gasteiger partial charge in [-0.25, -0.2) is 4.79 Å². The number of para-hydroxylation sites is 1. The van der Waals surface area contributed by atoms with Gasteiger partial charge in [0.1, 0.15) is 6.54 Å². The Hall–Kier alpha value is -2.37. The molecule has 88 valence electrons. The smallest absolute Gasteiger partial charge is 0.325 e. The lowest BCUT2D eigenvalue weighted by Gasteiger charge is -2.11. The second-order valence-electron chi connectivity index (χ2n) is 3.55. The maximum absolute atomic E-state index is 11.6. The highest BCUT2D eigenvalue weighted by molar-refractivity contribution is 6.06. The summed E-state index contributed by atoms with van der Waals surface area (Å²) in [4.78, 5) is 34.9. The standard InChI is InChI=1S/C11H11N3O3/c15-9(13-8-4-2-1-3-5-8)7-14-10(16)6-12-11(14)17/h1-5H,6-7H2,(H,12,17)(H,13,15). The number of urea groups is 1. The van der Waals surface area contributed by atoms with Gasteiger partial charge in [0.25, 0.3) is 5.91 Å².